The van der Waals surface area contributed by atoms with E-state index in [0.29, 0.717) is 24.5 Å². The van der Waals surface area contributed by atoms with Crippen LogP contribution >= 0.6 is 0 Å². The van der Waals surface area contributed by atoms with Gasteiger partial charge in [0.15, 0.2) is 0 Å². The number of nitrogens with one attached hydrogen (secondary N) is 1. The molecule has 6 heteroatoms. The quantitative estimate of drug-likeness (QED) is 0.926. The Kier molecular flexibility index (Phi) is 5.19. The number of benzene rings is 1. The van der Waals surface area contributed by atoms with Crippen molar-refractivity contribution in [2.75, 3.05) is 25.5 Å². The zero-order valence-corrected chi connectivity index (χ0v) is 14.7. The van der Waals surface area contributed by atoms with Gasteiger partial charge in [0, 0.05) is 25.0 Å². The second-order valence-corrected chi connectivity index (χ2v) is 6.25. The molecule has 0 spiro atoms. The van der Waals surface area contributed by atoms with E-state index < -0.39 is 0 Å². The van der Waals surface area contributed by atoms with E-state index in [9.17, 15) is 4.79 Å². The van der Waals surface area contributed by atoms with E-state index >= 15 is 0 Å². The molecule has 6 nitrogen and oxygen atoms in total. The molecule has 1 aliphatic rings. The Morgan fingerprint density at radius 2 is 1.84 bits per heavy atom. The lowest BCUT2D eigenvalue weighted by molar-refractivity contribution is -0.0586. The third-order valence-electron chi connectivity index (χ3n) is 4.08. The fraction of sp³-hybridized carbons (Fsp3) is 0.368. The topological polar surface area (TPSA) is 63.7 Å². The third-order valence-corrected chi connectivity index (χ3v) is 4.08. The molecule has 1 amide bonds. The molecule has 2 unspecified atom stereocenters. The number of anilines is 2. The predicted molar refractivity (Wildman–Crippen MR) is 96.4 cm³/mol. The summed E-state index contributed by atoms with van der Waals surface area (Å²) in [4.78, 5) is 18.8. The molecule has 1 aliphatic heterocycles. The average molecular weight is 341 g/mol. The number of carbonyl (C=O) groups is 1. The van der Waals surface area contributed by atoms with Gasteiger partial charge in [-0.25, -0.2) is 4.98 Å². The Morgan fingerprint density at radius 1 is 1.16 bits per heavy atom. The number of ether oxygens (including phenoxy) is 2. The lowest BCUT2D eigenvalue weighted by atomic mass is 10.2. The normalized spacial score (nSPS) is 20.2. The van der Waals surface area contributed by atoms with E-state index in [1.807, 2.05) is 49.1 Å². The van der Waals surface area contributed by atoms with Gasteiger partial charge in [0.05, 0.1) is 24.9 Å². The molecule has 0 saturated carbocycles. The van der Waals surface area contributed by atoms with E-state index in [4.69, 9.17) is 9.47 Å². The monoisotopic (exact) mass is 341 g/mol. The lowest BCUT2D eigenvalue weighted by Crippen LogP contribution is -2.48. The summed E-state index contributed by atoms with van der Waals surface area (Å²) in [5.74, 6) is 1.48. The Morgan fingerprint density at radius 3 is 2.40 bits per heavy atom. The predicted octanol–water partition coefficient (Wildman–Crippen LogP) is 3.08. The number of rotatable bonds is 4. The van der Waals surface area contributed by atoms with Gasteiger partial charge in [-0.15, -0.1) is 0 Å². The van der Waals surface area contributed by atoms with Crippen LogP contribution in [-0.4, -0.2) is 48.2 Å². The molecule has 1 fully saturated rings. The first-order chi connectivity index (χ1) is 12.0. The van der Waals surface area contributed by atoms with Crippen molar-refractivity contribution in [3.8, 4) is 5.75 Å². The molecule has 1 N–H and O–H groups in total. The van der Waals surface area contributed by atoms with Crippen molar-refractivity contribution < 1.29 is 14.3 Å². The minimum Gasteiger partial charge on any atom is -0.497 e. The zero-order valence-electron chi connectivity index (χ0n) is 14.7. The summed E-state index contributed by atoms with van der Waals surface area (Å²) in [5, 5.41) is 3.20. The van der Waals surface area contributed by atoms with Gasteiger partial charge in [-0.1, -0.05) is 0 Å². The summed E-state index contributed by atoms with van der Waals surface area (Å²) in [7, 11) is 1.63. The molecule has 2 heterocycles. The zero-order chi connectivity index (χ0) is 17.8. The molecule has 0 radical (unpaired) electrons. The summed E-state index contributed by atoms with van der Waals surface area (Å²) in [6.07, 6.45) is 1.72. The van der Waals surface area contributed by atoms with E-state index in [1.54, 1.807) is 19.4 Å². The molecule has 1 saturated heterocycles. The minimum absolute atomic E-state index is 0.00880. The van der Waals surface area contributed by atoms with Crippen molar-refractivity contribution in [3.63, 3.8) is 0 Å². The van der Waals surface area contributed by atoms with Crippen LogP contribution in [-0.2, 0) is 4.74 Å². The first-order valence-electron chi connectivity index (χ1n) is 8.37. The number of hydrogen-bond donors (Lipinski definition) is 1. The summed E-state index contributed by atoms with van der Waals surface area (Å²) >= 11 is 0. The maximum absolute atomic E-state index is 12.6. The van der Waals surface area contributed by atoms with Crippen molar-refractivity contribution in [2.24, 2.45) is 0 Å². The molecule has 25 heavy (non-hydrogen) atoms. The van der Waals surface area contributed by atoms with E-state index in [1.165, 1.54) is 0 Å². The van der Waals surface area contributed by atoms with Crippen molar-refractivity contribution in [1.29, 1.82) is 0 Å². The number of nitrogens with zero attached hydrogens (tertiary/aromatic N) is 2. The van der Waals surface area contributed by atoms with Gasteiger partial charge in [0.2, 0.25) is 0 Å². The van der Waals surface area contributed by atoms with Crippen LogP contribution in [0.25, 0.3) is 0 Å². The fourth-order valence-electron chi connectivity index (χ4n) is 2.94. The van der Waals surface area contributed by atoms with Gasteiger partial charge in [0.1, 0.15) is 11.6 Å². The summed E-state index contributed by atoms with van der Waals surface area (Å²) in [6.45, 7) is 5.18. The smallest absolute Gasteiger partial charge is 0.255 e. The molecule has 0 bridgehead atoms. The maximum atomic E-state index is 12.6. The molecule has 1 aromatic carbocycles. The third kappa shape index (κ3) is 4.28. The minimum atomic E-state index is -0.00880. The fourth-order valence-corrected chi connectivity index (χ4v) is 2.94. The molecule has 2 atom stereocenters. The van der Waals surface area contributed by atoms with E-state index in [0.717, 1.165) is 11.4 Å². The summed E-state index contributed by atoms with van der Waals surface area (Å²) in [6, 6.07) is 11.2. The number of aromatic nitrogens is 1. The number of pyridine rings is 1. The highest BCUT2D eigenvalue weighted by Gasteiger charge is 2.26. The first-order valence-corrected chi connectivity index (χ1v) is 8.37. The molecule has 132 valence electrons. The number of amides is 1. The number of methoxy groups -OCH3 is 1. The van der Waals surface area contributed by atoms with Crippen molar-refractivity contribution in [2.45, 2.75) is 26.1 Å². The van der Waals surface area contributed by atoms with Crippen LogP contribution in [0.1, 0.15) is 24.2 Å². The van der Waals surface area contributed by atoms with Crippen LogP contribution in [0.5, 0.6) is 5.75 Å². The molecule has 2 aromatic rings. The highest BCUT2D eigenvalue weighted by molar-refractivity contribution is 5.94. The largest absolute Gasteiger partial charge is 0.497 e. The van der Waals surface area contributed by atoms with Gasteiger partial charge in [-0.05, 0) is 50.2 Å². The van der Waals surface area contributed by atoms with Gasteiger partial charge >= 0.3 is 0 Å². The Hall–Kier alpha value is -2.60. The second-order valence-electron chi connectivity index (χ2n) is 6.25. The molecule has 1 aromatic heterocycles. The van der Waals surface area contributed by atoms with Crippen LogP contribution in [0.3, 0.4) is 0 Å². The van der Waals surface area contributed by atoms with Gasteiger partial charge in [0.25, 0.3) is 5.91 Å². The molecular formula is C19H23N3O3. The van der Waals surface area contributed by atoms with Gasteiger partial charge < -0.3 is 19.7 Å². The highest BCUT2D eigenvalue weighted by Crippen LogP contribution is 2.19. The SMILES string of the molecule is COc1ccc(Nc2ccc(C(=O)N3CC(C)OC(C)C3)cn2)cc1. The number of carbonyl (C=O) groups excluding carboxylic acids is 1. The number of hydrogen-bond acceptors (Lipinski definition) is 5. The van der Waals surface area contributed by atoms with Gasteiger partial charge in [-0.2, -0.15) is 0 Å². The summed E-state index contributed by atoms with van der Waals surface area (Å²) < 4.78 is 10.8. The first kappa shape index (κ1) is 17.2. The van der Waals surface area contributed by atoms with Crippen LogP contribution in [0.2, 0.25) is 0 Å². The summed E-state index contributed by atoms with van der Waals surface area (Å²) in [5.41, 5.74) is 1.49. The van der Waals surface area contributed by atoms with Crippen molar-refractivity contribution in [1.82, 2.24) is 9.88 Å². The van der Waals surface area contributed by atoms with Crippen molar-refractivity contribution >= 4 is 17.4 Å². The second kappa shape index (κ2) is 7.53. The average Bonchev–Trinajstić information content (AvgIpc) is 2.61. The van der Waals surface area contributed by atoms with Crippen LogP contribution in [0.4, 0.5) is 11.5 Å². The Labute approximate surface area is 147 Å². The van der Waals surface area contributed by atoms with Gasteiger partial charge in [-0.3, -0.25) is 4.79 Å². The van der Waals surface area contributed by atoms with Crippen LogP contribution in [0.15, 0.2) is 42.6 Å². The molecular weight excluding hydrogens is 318 g/mol. The molecule has 3 rings (SSSR count). The lowest BCUT2D eigenvalue weighted by Gasteiger charge is -2.35. The highest BCUT2D eigenvalue weighted by atomic mass is 16.5. The van der Waals surface area contributed by atoms with E-state index in [-0.39, 0.29) is 18.1 Å². The van der Waals surface area contributed by atoms with E-state index in [2.05, 4.69) is 10.3 Å². The molecule has 0 aliphatic carbocycles. The van der Waals surface area contributed by atoms with Crippen molar-refractivity contribution in [3.05, 3.63) is 48.2 Å². The Balaban J connectivity index is 1.65. The standard InChI is InChI=1S/C19H23N3O3/c1-13-11-22(12-14(2)25-13)19(23)15-4-9-18(20-10-15)21-16-5-7-17(24-3)8-6-16/h4-10,13-14H,11-12H2,1-3H3,(H,20,21). The maximum Gasteiger partial charge on any atom is 0.255 e. The van der Waals surface area contributed by atoms with Crippen LogP contribution in [0, 0.1) is 0 Å². The Bertz CT molecular complexity index is 706. The number of morpholine rings is 1. The van der Waals surface area contributed by atoms with Crippen LogP contribution < -0.4 is 10.1 Å².